The zero-order valence-electron chi connectivity index (χ0n) is 13.9. The summed E-state index contributed by atoms with van der Waals surface area (Å²) in [7, 11) is 0. The Balaban J connectivity index is -0.0000000637. The molecule has 20 heavy (non-hydrogen) atoms. The third-order valence-corrected chi connectivity index (χ3v) is 2.13. The van der Waals surface area contributed by atoms with Crippen LogP contribution >= 0.6 is 5.69 Å². The van der Waals surface area contributed by atoms with Gasteiger partial charge in [0.2, 0.25) is 0 Å². The van der Waals surface area contributed by atoms with E-state index >= 15 is 0 Å². The average molecular weight is 443 g/mol. The topological polar surface area (TPSA) is 32.3 Å². The van der Waals surface area contributed by atoms with Gasteiger partial charge in [0.05, 0.1) is 0 Å². The van der Waals surface area contributed by atoms with Gasteiger partial charge in [-0.1, -0.05) is 47.5 Å². The van der Waals surface area contributed by atoms with Crippen molar-refractivity contribution in [3.63, 3.8) is 0 Å². The number of hydrogen-bond donors (Lipinski definition) is 0. The molecular formula is C13H29O2PS2Zn2. The molecule has 0 spiro atoms. The molecule has 0 aromatic carbocycles. The summed E-state index contributed by atoms with van der Waals surface area (Å²) >= 11 is 8.77. The molecule has 0 aliphatic rings. The van der Waals surface area contributed by atoms with Crippen molar-refractivity contribution in [2.75, 3.05) is 6.61 Å². The maximum atomic E-state index is 10.6. The van der Waals surface area contributed by atoms with E-state index in [1.54, 1.807) is 0 Å². The van der Waals surface area contributed by atoms with E-state index in [4.69, 9.17) is 4.52 Å². The van der Waals surface area contributed by atoms with Crippen LogP contribution in [0.25, 0.3) is 0 Å². The van der Waals surface area contributed by atoms with E-state index in [-0.39, 0.29) is 39.0 Å². The Labute approximate surface area is 163 Å². The van der Waals surface area contributed by atoms with Crippen molar-refractivity contribution < 1.29 is 48.4 Å². The van der Waals surface area contributed by atoms with Gasteiger partial charge in [-0.25, -0.2) is 0 Å². The predicted molar refractivity (Wildman–Crippen MR) is 87.5 cm³/mol. The zero-order valence-corrected chi connectivity index (χ0v) is 22.4. The molecule has 0 saturated carbocycles. The van der Waals surface area contributed by atoms with Crippen LogP contribution in [0.4, 0.5) is 0 Å². The van der Waals surface area contributed by atoms with Crippen LogP contribution in [0.2, 0.25) is 0 Å². The molecule has 0 radical (unpaired) electrons. The second kappa shape index (κ2) is 23.4. The molecule has 1 unspecified atom stereocenters. The SMILES string of the molecule is CCCCCOP([O-])(=S)[S-].[CH2-]C(C)C.[CH2-]C(C)C.[Zn+2].[Zn+2]. The van der Waals surface area contributed by atoms with Gasteiger partial charge >= 0.3 is 39.0 Å². The molecule has 0 N–H and O–H groups in total. The van der Waals surface area contributed by atoms with Crippen molar-refractivity contribution in [3.05, 3.63) is 13.8 Å². The van der Waals surface area contributed by atoms with E-state index in [1.165, 1.54) is 0 Å². The van der Waals surface area contributed by atoms with Crippen LogP contribution in [-0.4, -0.2) is 6.61 Å². The van der Waals surface area contributed by atoms with Crippen LogP contribution in [0.1, 0.15) is 53.9 Å². The molecule has 114 valence electrons. The Hall–Kier alpha value is 2.17. The molecule has 0 bridgehead atoms. The second-order valence-electron chi connectivity index (χ2n) is 4.78. The van der Waals surface area contributed by atoms with Gasteiger partial charge in [0.15, 0.2) is 0 Å². The maximum Gasteiger partial charge on any atom is 2.00 e. The number of rotatable bonds is 5. The first-order valence-electron chi connectivity index (χ1n) is 6.35. The minimum absolute atomic E-state index is 0. The molecule has 0 rings (SSSR count). The summed E-state index contributed by atoms with van der Waals surface area (Å²) < 4.78 is 4.72. The average Bonchev–Trinajstić information content (AvgIpc) is 2.09. The van der Waals surface area contributed by atoms with Gasteiger partial charge in [-0.3, -0.25) is 0 Å². The van der Waals surface area contributed by atoms with Gasteiger partial charge in [-0.05, 0) is 6.42 Å². The van der Waals surface area contributed by atoms with Gasteiger partial charge in [0.25, 0.3) is 0 Å². The number of hydrogen-bond acceptors (Lipinski definition) is 4. The molecule has 0 heterocycles. The zero-order chi connectivity index (χ0) is 15.2. The van der Waals surface area contributed by atoms with Gasteiger partial charge in [0.1, 0.15) is 0 Å². The largest absolute Gasteiger partial charge is 2.00 e. The first kappa shape index (κ1) is 33.7. The quantitative estimate of drug-likeness (QED) is 0.209. The molecule has 7 heteroatoms. The summed E-state index contributed by atoms with van der Waals surface area (Å²) in [4.78, 5) is 10.6. The minimum atomic E-state index is -3.04. The van der Waals surface area contributed by atoms with E-state index in [0.717, 1.165) is 19.3 Å². The van der Waals surface area contributed by atoms with Crippen LogP contribution in [-0.2, 0) is 67.5 Å². The Morgan fingerprint density at radius 3 is 1.60 bits per heavy atom. The fourth-order valence-corrected chi connectivity index (χ4v) is 1.33. The van der Waals surface area contributed by atoms with Crippen molar-refractivity contribution in [1.29, 1.82) is 0 Å². The molecule has 0 fully saturated rings. The maximum absolute atomic E-state index is 10.6. The summed E-state index contributed by atoms with van der Waals surface area (Å²) in [6.45, 7) is 18.0. The molecular weight excluding hydrogens is 414 g/mol. The van der Waals surface area contributed by atoms with E-state index < -0.39 is 5.69 Å². The smallest absolute Gasteiger partial charge is 0.819 e. The summed E-state index contributed by atoms with van der Waals surface area (Å²) in [5.41, 5.74) is -3.04. The predicted octanol–water partition coefficient (Wildman–Crippen LogP) is 4.27. The summed E-state index contributed by atoms with van der Waals surface area (Å²) in [5.74, 6) is 1.17. The van der Waals surface area contributed by atoms with E-state index in [2.05, 4.69) is 72.5 Å². The van der Waals surface area contributed by atoms with Crippen LogP contribution in [0.3, 0.4) is 0 Å². The second-order valence-corrected chi connectivity index (χ2v) is 9.51. The molecule has 0 aliphatic carbocycles. The fraction of sp³-hybridized carbons (Fsp3) is 0.846. The Morgan fingerprint density at radius 1 is 1.10 bits per heavy atom. The van der Waals surface area contributed by atoms with Crippen molar-refractivity contribution in [1.82, 2.24) is 0 Å². The molecule has 0 amide bonds. The molecule has 0 saturated heterocycles. The molecule has 0 aromatic rings. The fourth-order valence-electron chi connectivity index (χ4n) is 0.528. The van der Waals surface area contributed by atoms with E-state index in [0.29, 0.717) is 18.4 Å². The van der Waals surface area contributed by atoms with Crippen LogP contribution < -0.4 is 4.89 Å². The molecule has 2 nitrogen and oxygen atoms in total. The van der Waals surface area contributed by atoms with Gasteiger partial charge in [0, 0.05) is 6.61 Å². The van der Waals surface area contributed by atoms with Crippen molar-refractivity contribution in [3.8, 4) is 0 Å². The standard InChI is InChI=1S/C5H13O2PS2.2C4H9.2Zn/c1-2-3-4-5-7-8(6,9)10;2*1-4(2)3;;/h2-5H2,1H3,(H2,6,9,10);2*4H,1H2,2-3H3;;/q;2*-1;2*+2/p-2. The third kappa shape index (κ3) is 88.2. The van der Waals surface area contributed by atoms with Gasteiger partial charge in [-0.2, -0.15) is 11.8 Å². The normalized spacial score (nSPS) is 11.9. The first-order valence-corrected chi connectivity index (χ1v) is 10.0. The summed E-state index contributed by atoms with van der Waals surface area (Å²) in [6, 6.07) is 0. The van der Waals surface area contributed by atoms with Crippen molar-refractivity contribution in [2.24, 2.45) is 11.8 Å². The number of unbranched alkanes of at least 4 members (excludes halogenated alkanes) is 2. The monoisotopic (exact) mass is 440 g/mol. The minimum Gasteiger partial charge on any atom is -0.819 e. The van der Waals surface area contributed by atoms with Crippen LogP contribution in [0, 0.1) is 25.7 Å². The van der Waals surface area contributed by atoms with E-state index in [1.807, 2.05) is 0 Å². The van der Waals surface area contributed by atoms with E-state index in [9.17, 15) is 4.89 Å². The third-order valence-electron chi connectivity index (χ3n) is 0.997. The van der Waals surface area contributed by atoms with Crippen LogP contribution in [0.15, 0.2) is 0 Å². The van der Waals surface area contributed by atoms with Gasteiger partial charge in [-0.15, -0.1) is 17.5 Å². The molecule has 0 aromatic heterocycles. The van der Waals surface area contributed by atoms with Crippen LogP contribution in [0.5, 0.6) is 0 Å². The Kier molecular flexibility index (Phi) is 39.5. The first-order chi connectivity index (χ1) is 8.02. The van der Waals surface area contributed by atoms with Gasteiger partial charge < -0.3 is 35.5 Å². The molecule has 1 atom stereocenters. The summed E-state index contributed by atoms with van der Waals surface area (Å²) in [6.07, 6.45) is 3.08. The molecule has 0 aliphatic heterocycles. The Morgan fingerprint density at radius 2 is 1.40 bits per heavy atom. The van der Waals surface area contributed by atoms with Crippen molar-refractivity contribution in [2.45, 2.75) is 53.9 Å². The Bertz CT molecular complexity index is 189. The van der Waals surface area contributed by atoms with Crippen molar-refractivity contribution >= 4 is 29.7 Å². The summed E-state index contributed by atoms with van der Waals surface area (Å²) in [5, 5.41) is 0.